The van der Waals surface area contributed by atoms with Gasteiger partial charge in [-0.3, -0.25) is 4.79 Å². The van der Waals surface area contributed by atoms with Crippen LogP contribution in [0.25, 0.3) is 11.2 Å². The number of rotatable bonds is 4. The number of hydrogen-bond acceptors (Lipinski definition) is 5. The van der Waals surface area contributed by atoms with Gasteiger partial charge in [-0.1, -0.05) is 13.3 Å². The van der Waals surface area contributed by atoms with Gasteiger partial charge in [-0.25, -0.2) is 15.0 Å². The molecule has 4 rings (SSSR count). The van der Waals surface area contributed by atoms with Gasteiger partial charge >= 0.3 is 0 Å². The molecule has 0 aliphatic carbocycles. The van der Waals surface area contributed by atoms with Gasteiger partial charge in [0.1, 0.15) is 12.2 Å². The van der Waals surface area contributed by atoms with Crippen molar-refractivity contribution in [2.75, 3.05) is 18.0 Å². The van der Waals surface area contributed by atoms with Gasteiger partial charge in [0.05, 0.1) is 0 Å². The van der Waals surface area contributed by atoms with E-state index in [1.54, 1.807) is 6.33 Å². The van der Waals surface area contributed by atoms with Crippen LogP contribution in [0.2, 0.25) is 0 Å². The number of nitrogens with zero attached hydrogens (tertiary/aromatic N) is 5. The zero-order chi connectivity index (χ0) is 18.8. The predicted molar refractivity (Wildman–Crippen MR) is 106 cm³/mol. The Bertz CT molecular complexity index is 808. The van der Waals surface area contributed by atoms with Crippen LogP contribution in [0.5, 0.6) is 0 Å². The molecule has 27 heavy (non-hydrogen) atoms. The summed E-state index contributed by atoms with van der Waals surface area (Å²) in [5.41, 5.74) is 1.89. The number of piperidine rings is 1. The Morgan fingerprint density at radius 3 is 2.81 bits per heavy atom. The molecule has 0 unspecified atom stereocenters. The Hall–Kier alpha value is -2.18. The second kappa shape index (κ2) is 7.82. The van der Waals surface area contributed by atoms with Crippen LogP contribution in [0.4, 0.5) is 5.82 Å². The van der Waals surface area contributed by atoms with Crippen molar-refractivity contribution in [2.24, 2.45) is 5.92 Å². The van der Waals surface area contributed by atoms with E-state index in [1.165, 1.54) is 19.3 Å². The summed E-state index contributed by atoms with van der Waals surface area (Å²) in [4.78, 5) is 28.7. The Morgan fingerprint density at radius 1 is 1.22 bits per heavy atom. The first kappa shape index (κ1) is 18.2. The second-order valence-corrected chi connectivity index (χ2v) is 7.94. The number of nitrogens with one attached hydrogen (secondary N) is 1. The molecule has 0 spiro atoms. The highest BCUT2D eigenvalue weighted by molar-refractivity contribution is 5.84. The zero-order valence-corrected chi connectivity index (χ0v) is 16.4. The fraction of sp³-hybridized carbons (Fsp3) is 0.700. The van der Waals surface area contributed by atoms with Crippen LogP contribution < -0.4 is 10.2 Å². The van der Waals surface area contributed by atoms with Crippen LogP contribution in [0.15, 0.2) is 6.33 Å². The Kier molecular flexibility index (Phi) is 5.27. The van der Waals surface area contributed by atoms with E-state index in [-0.39, 0.29) is 17.9 Å². The molecule has 2 aliphatic rings. The second-order valence-electron chi connectivity index (χ2n) is 7.94. The SMILES string of the molecule is CC[C@H](C)NC(=O)C1CCN(c2ncnc3c2nc2n3CCCCC2)CC1. The van der Waals surface area contributed by atoms with E-state index in [4.69, 9.17) is 4.98 Å². The first-order chi connectivity index (χ1) is 13.2. The van der Waals surface area contributed by atoms with Gasteiger partial charge in [-0.15, -0.1) is 0 Å². The topological polar surface area (TPSA) is 75.9 Å². The smallest absolute Gasteiger partial charge is 0.223 e. The van der Waals surface area contributed by atoms with Crippen molar-refractivity contribution in [2.45, 2.75) is 71.4 Å². The van der Waals surface area contributed by atoms with Crippen LogP contribution in [0, 0.1) is 5.92 Å². The van der Waals surface area contributed by atoms with Gasteiger partial charge in [0.25, 0.3) is 0 Å². The third kappa shape index (κ3) is 3.64. The average Bonchev–Trinajstić information content (AvgIpc) is 2.89. The summed E-state index contributed by atoms with van der Waals surface area (Å²) >= 11 is 0. The van der Waals surface area contributed by atoms with Crippen LogP contribution in [-0.2, 0) is 17.8 Å². The lowest BCUT2D eigenvalue weighted by Gasteiger charge is -2.32. The number of carbonyl (C=O) groups is 1. The van der Waals surface area contributed by atoms with E-state index < -0.39 is 0 Å². The Labute approximate surface area is 160 Å². The van der Waals surface area contributed by atoms with Crippen LogP contribution in [-0.4, -0.2) is 44.6 Å². The molecule has 1 amide bonds. The quantitative estimate of drug-likeness (QED) is 0.895. The van der Waals surface area contributed by atoms with E-state index in [0.29, 0.717) is 0 Å². The highest BCUT2D eigenvalue weighted by atomic mass is 16.1. The number of carbonyl (C=O) groups excluding carboxylic acids is 1. The van der Waals surface area contributed by atoms with Gasteiger partial charge in [0, 0.05) is 38.0 Å². The van der Waals surface area contributed by atoms with Gasteiger partial charge in [-0.05, 0) is 39.0 Å². The van der Waals surface area contributed by atoms with E-state index in [9.17, 15) is 4.79 Å². The van der Waals surface area contributed by atoms with Gasteiger partial charge in [0.2, 0.25) is 5.91 Å². The average molecular weight is 371 g/mol. The lowest BCUT2D eigenvalue weighted by molar-refractivity contribution is -0.126. The van der Waals surface area contributed by atoms with E-state index in [2.05, 4.69) is 38.6 Å². The third-order valence-corrected chi connectivity index (χ3v) is 6.04. The minimum atomic E-state index is 0.103. The number of aromatic nitrogens is 4. The molecule has 146 valence electrons. The molecule has 0 saturated carbocycles. The molecule has 0 aromatic carbocycles. The summed E-state index contributed by atoms with van der Waals surface area (Å²) in [7, 11) is 0. The van der Waals surface area contributed by atoms with Crippen molar-refractivity contribution >= 4 is 22.9 Å². The standard InChI is InChI=1S/C20H30N6O/c1-3-14(2)23-20(27)15-8-11-25(12-9-15)18-17-19(22-13-21-18)26-10-6-4-5-7-16(26)24-17/h13-15H,3-12H2,1-2H3,(H,23,27)/t14-/m0/s1. The van der Waals surface area contributed by atoms with Gasteiger partial charge < -0.3 is 14.8 Å². The highest BCUT2D eigenvalue weighted by Gasteiger charge is 2.28. The van der Waals surface area contributed by atoms with E-state index in [1.807, 2.05) is 0 Å². The fourth-order valence-corrected chi connectivity index (χ4v) is 4.17. The predicted octanol–water partition coefficient (Wildman–Crippen LogP) is 2.68. The van der Waals surface area contributed by atoms with Crippen molar-refractivity contribution in [1.82, 2.24) is 24.8 Å². The Morgan fingerprint density at radius 2 is 2.04 bits per heavy atom. The highest BCUT2D eigenvalue weighted by Crippen LogP contribution is 2.29. The summed E-state index contributed by atoms with van der Waals surface area (Å²) in [5, 5.41) is 3.12. The molecular weight excluding hydrogens is 340 g/mol. The third-order valence-electron chi connectivity index (χ3n) is 6.04. The maximum absolute atomic E-state index is 12.4. The monoisotopic (exact) mass is 370 g/mol. The molecule has 2 aromatic heterocycles. The molecule has 1 saturated heterocycles. The summed E-state index contributed by atoms with van der Waals surface area (Å²) in [6.45, 7) is 6.84. The first-order valence-corrected chi connectivity index (χ1v) is 10.4. The summed E-state index contributed by atoms with van der Waals surface area (Å²) in [6.07, 6.45) is 9.02. The number of imidazole rings is 1. The van der Waals surface area contributed by atoms with Gasteiger partial charge in [-0.2, -0.15) is 0 Å². The zero-order valence-electron chi connectivity index (χ0n) is 16.4. The molecule has 0 bridgehead atoms. The molecule has 1 fully saturated rings. The minimum absolute atomic E-state index is 0.103. The number of anilines is 1. The summed E-state index contributed by atoms with van der Waals surface area (Å²) in [5.74, 6) is 2.38. The lowest BCUT2D eigenvalue weighted by atomic mass is 9.95. The molecule has 1 N–H and O–H groups in total. The number of hydrogen-bond donors (Lipinski definition) is 1. The molecule has 2 aromatic rings. The van der Waals surface area contributed by atoms with Crippen molar-refractivity contribution in [1.29, 1.82) is 0 Å². The molecule has 2 aliphatic heterocycles. The van der Waals surface area contributed by atoms with E-state index in [0.717, 1.165) is 68.1 Å². The van der Waals surface area contributed by atoms with Crippen LogP contribution in [0.3, 0.4) is 0 Å². The van der Waals surface area contributed by atoms with Crippen molar-refractivity contribution in [3.8, 4) is 0 Å². The number of aryl methyl sites for hydroxylation is 2. The first-order valence-electron chi connectivity index (χ1n) is 10.4. The van der Waals surface area contributed by atoms with Crippen molar-refractivity contribution < 1.29 is 4.79 Å². The molecule has 7 nitrogen and oxygen atoms in total. The Balaban J connectivity index is 1.50. The summed E-state index contributed by atoms with van der Waals surface area (Å²) < 4.78 is 2.28. The molecule has 1 atom stereocenters. The van der Waals surface area contributed by atoms with Crippen molar-refractivity contribution in [3.63, 3.8) is 0 Å². The summed E-state index contributed by atoms with van der Waals surface area (Å²) in [6, 6.07) is 0.248. The maximum Gasteiger partial charge on any atom is 0.223 e. The van der Waals surface area contributed by atoms with Crippen LogP contribution >= 0.6 is 0 Å². The fourth-order valence-electron chi connectivity index (χ4n) is 4.17. The molecule has 4 heterocycles. The molecular formula is C20H30N6O. The lowest BCUT2D eigenvalue weighted by Crippen LogP contribution is -2.43. The normalized spacial score (nSPS) is 19.6. The van der Waals surface area contributed by atoms with Crippen molar-refractivity contribution in [3.05, 3.63) is 12.2 Å². The minimum Gasteiger partial charge on any atom is -0.355 e. The maximum atomic E-state index is 12.4. The van der Waals surface area contributed by atoms with Crippen LogP contribution in [0.1, 0.15) is 58.2 Å². The number of fused-ring (bicyclic) bond motifs is 3. The number of amides is 1. The van der Waals surface area contributed by atoms with E-state index >= 15 is 0 Å². The molecule has 0 radical (unpaired) electrons. The van der Waals surface area contributed by atoms with Gasteiger partial charge in [0.15, 0.2) is 17.0 Å². The molecule has 7 heteroatoms. The largest absolute Gasteiger partial charge is 0.355 e.